The molecule has 27 heavy (non-hydrogen) atoms. The van der Waals surface area contributed by atoms with Gasteiger partial charge in [-0.2, -0.15) is 0 Å². The van der Waals surface area contributed by atoms with Crippen molar-refractivity contribution in [1.82, 2.24) is 15.5 Å². The van der Waals surface area contributed by atoms with Crippen molar-refractivity contribution >= 4 is 23.9 Å². The summed E-state index contributed by atoms with van der Waals surface area (Å²) in [6.45, 7) is 1.73. The minimum absolute atomic E-state index is 0.115. The van der Waals surface area contributed by atoms with Crippen LogP contribution < -0.4 is 10.6 Å². The van der Waals surface area contributed by atoms with Gasteiger partial charge in [-0.15, -0.1) is 0 Å². The monoisotopic (exact) mass is 375 g/mol. The number of amides is 3. The molecule has 0 bridgehead atoms. The number of nitrogens with zero attached hydrogens (tertiary/aromatic N) is 1. The van der Waals surface area contributed by atoms with Gasteiger partial charge < -0.3 is 20.1 Å². The maximum absolute atomic E-state index is 12.5. The molecule has 2 heterocycles. The fourth-order valence-corrected chi connectivity index (χ4v) is 3.08. The third-order valence-corrected chi connectivity index (χ3v) is 4.46. The summed E-state index contributed by atoms with van der Waals surface area (Å²) < 4.78 is 10.2. The molecule has 2 aliphatic rings. The zero-order chi connectivity index (χ0) is 19.4. The topological polar surface area (TPSA) is 114 Å². The lowest BCUT2D eigenvalue weighted by atomic mass is 10.1. The van der Waals surface area contributed by atoms with Crippen molar-refractivity contribution in [1.29, 1.82) is 0 Å². The Labute approximate surface area is 156 Å². The lowest BCUT2D eigenvalue weighted by Crippen LogP contribution is -2.71. The maximum atomic E-state index is 12.5. The van der Waals surface area contributed by atoms with Crippen LogP contribution in [-0.2, 0) is 30.5 Å². The Morgan fingerprint density at radius 2 is 2.00 bits per heavy atom. The highest BCUT2D eigenvalue weighted by Gasteiger charge is 2.45. The van der Waals surface area contributed by atoms with E-state index in [1.807, 2.05) is 30.3 Å². The van der Waals surface area contributed by atoms with Gasteiger partial charge in [0.15, 0.2) is 6.04 Å². The summed E-state index contributed by atoms with van der Waals surface area (Å²) in [5.41, 5.74) is 0.849. The number of nitrogens with one attached hydrogen (secondary N) is 2. The molecule has 0 aromatic heterocycles. The van der Waals surface area contributed by atoms with Gasteiger partial charge in [-0.25, -0.2) is 4.79 Å². The largest absolute Gasteiger partial charge is 0.445 e. The number of rotatable bonds is 5. The number of carbonyl (C=O) groups is 4. The lowest BCUT2D eigenvalue weighted by molar-refractivity contribution is -0.164. The van der Waals surface area contributed by atoms with E-state index in [-0.39, 0.29) is 6.61 Å². The first-order valence-corrected chi connectivity index (χ1v) is 8.71. The van der Waals surface area contributed by atoms with Gasteiger partial charge in [-0.3, -0.25) is 19.3 Å². The number of β-lactam (4-membered cyclic amide) rings is 1. The first kappa shape index (κ1) is 18.7. The predicted octanol–water partition coefficient (Wildman–Crippen LogP) is 0.291. The quantitative estimate of drug-likeness (QED) is 0.565. The Balaban J connectivity index is 1.55. The van der Waals surface area contributed by atoms with E-state index in [9.17, 15) is 19.2 Å². The van der Waals surface area contributed by atoms with E-state index in [1.165, 1.54) is 11.8 Å². The van der Waals surface area contributed by atoms with E-state index in [2.05, 4.69) is 10.6 Å². The van der Waals surface area contributed by atoms with Crippen LogP contribution in [0.1, 0.15) is 25.3 Å². The van der Waals surface area contributed by atoms with Crippen molar-refractivity contribution in [2.75, 3.05) is 6.54 Å². The van der Waals surface area contributed by atoms with Crippen LogP contribution in [0.4, 0.5) is 4.79 Å². The molecular formula is C18H21N3O6. The molecule has 1 aromatic carbocycles. The average Bonchev–Trinajstić information content (AvgIpc) is 3.14. The van der Waals surface area contributed by atoms with Gasteiger partial charge in [0.05, 0.1) is 0 Å². The molecule has 144 valence electrons. The Morgan fingerprint density at radius 1 is 1.26 bits per heavy atom. The standard InChI is InChI=1S/C18H21N3O6/c1-11(22)27-17-14(16(24)20-17)19-15(23)13-8-5-9-21(13)18(25)26-10-12-6-3-2-4-7-12/h2-4,6-7,13-14,17H,5,8-10H2,1H3,(H,19,23)(H,20,24)/t13?,14-,17+/m1/s1. The lowest BCUT2D eigenvalue weighted by Gasteiger charge is -2.36. The minimum atomic E-state index is -0.954. The van der Waals surface area contributed by atoms with Gasteiger partial charge in [-0.1, -0.05) is 30.3 Å². The van der Waals surface area contributed by atoms with E-state index in [0.29, 0.717) is 19.4 Å². The van der Waals surface area contributed by atoms with E-state index in [0.717, 1.165) is 5.56 Å². The molecule has 1 unspecified atom stereocenters. The second-order valence-electron chi connectivity index (χ2n) is 6.42. The van der Waals surface area contributed by atoms with Crippen LogP contribution in [0.25, 0.3) is 0 Å². The van der Waals surface area contributed by atoms with E-state index in [1.54, 1.807) is 0 Å². The van der Waals surface area contributed by atoms with Crippen LogP contribution in [0.2, 0.25) is 0 Å². The summed E-state index contributed by atoms with van der Waals surface area (Å²) in [6.07, 6.45) is -0.341. The highest BCUT2D eigenvalue weighted by atomic mass is 16.6. The Kier molecular flexibility index (Phi) is 5.58. The second kappa shape index (κ2) is 8.07. The Hall–Kier alpha value is -3.10. The molecule has 0 radical (unpaired) electrons. The van der Waals surface area contributed by atoms with Gasteiger partial charge in [-0.05, 0) is 18.4 Å². The third kappa shape index (κ3) is 4.36. The number of carbonyl (C=O) groups excluding carboxylic acids is 4. The summed E-state index contributed by atoms with van der Waals surface area (Å²) in [6, 6.07) is 7.56. The second-order valence-corrected chi connectivity index (χ2v) is 6.42. The average molecular weight is 375 g/mol. The molecule has 9 heteroatoms. The van der Waals surface area contributed by atoms with Crippen LogP contribution in [0.5, 0.6) is 0 Å². The SMILES string of the molecule is CC(=O)O[C@@H]1NC(=O)[C@H]1NC(=O)C1CCCN1C(=O)OCc1ccccc1. The van der Waals surface area contributed by atoms with Crippen molar-refractivity contribution in [3.05, 3.63) is 35.9 Å². The first-order valence-electron chi connectivity index (χ1n) is 8.71. The Morgan fingerprint density at radius 3 is 2.67 bits per heavy atom. The van der Waals surface area contributed by atoms with Crippen molar-refractivity contribution in [3.63, 3.8) is 0 Å². The number of likely N-dealkylation sites (tertiary alicyclic amines) is 1. The molecule has 0 spiro atoms. The predicted molar refractivity (Wildman–Crippen MR) is 92.0 cm³/mol. The molecule has 0 saturated carbocycles. The summed E-state index contributed by atoms with van der Waals surface area (Å²) >= 11 is 0. The van der Waals surface area contributed by atoms with Crippen LogP contribution in [0, 0.1) is 0 Å². The van der Waals surface area contributed by atoms with Gasteiger partial charge in [0.2, 0.25) is 12.1 Å². The highest BCUT2D eigenvalue weighted by molar-refractivity contribution is 5.95. The van der Waals surface area contributed by atoms with Crippen LogP contribution in [-0.4, -0.2) is 53.6 Å². The van der Waals surface area contributed by atoms with E-state index < -0.39 is 42.2 Å². The molecule has 3 rings (SSSR count). The Bertz CT molecular complexity index is 738. The van der Waals surface area contributed by atoms with Gasteiger partial charge >= 0.3 is 12.1 Å². The van der Waals surface area contributed by atoms with Gasteiger partial charge in [0, 0.05) is 13.5 Å². The summed E-state index contributed by atoms with van der Waals surface area (Å²) in [5.74, 6) is -1.47. The molecule has 2 saturated heterocycles. The van der Waals surface area contributed by atoms with Crippen molar-refractivity contribution in [2.24, 2.45) is 0 Å². The highest BCUT2D eigenvalue weighted by Crippen LogP contribution is 2.20. The van der Waals surface area contributed by atoms with Crippen molar-refractivity contribution in [2.45, 2.75) is 44.7 Å². The molecule has 2 fully saturated rings. The zero-order valence-electron chi connectivity index (χ0n) is 14.8. The van der Waals surface area contributed by atoms with Gasteiger partial charge in [0.1, 0.15) is 12.6 Å². The fourth-order valence-electron chi connectivity index (χ4n) is 3.08. The maximum Gasteiger partial charge on any atom is 0.410 e. The summed E-state index contributed by atoms with van der Waals surface area (Å²) in [5, 5.41) is 4.94. The molecule has 9 nitrogen and oxygen atoms in total. The molecule has 2 N–H and O–H groups in total. The molecule has 1 aromatic rings. The number of esters is 1. The van der Waals surface area contributed by atoms with Crippen LogP contribution >= 0.6 is 0 Å². The number of ether oxygens (including phenoxy) is 2. The summed E-state index contributed by atoms with van der Waals surface area (Å²) in [4.78, 5) is 48.9. The molecule has 3 atom stereocenters. The van der Waals surface area contributed by atoms with Crippen LogP contribution in [0.3, 0.4) is 0 Å². The molecule has 3 amide bonds. The number of benzene rings is 1. The van der Waals surface area contributed by atoms with Crippen molar-refractivity contribution < 1.29 is 28.7 Å². The van der Waals surface area contributed by atoms with Crippen LogP contribution in [0.15, 0.2) is 30.3 Å². The fraction of sp³-hybridized carbons (Fsp3) is 0.444. The van der Waals surface area contributed by atoms with Crippen molar-refractivity contribution in [3.8, 4) is 0 Å². The third-order valence-electron chi connectivity index (χ3n) is 4.46. The molecule has 0 aliphatic carbocycles. The smallest absolute Gasteiger partial charge is 0.410 e. The summed E-state index contributed by atoms with van der Waals surface area (Å²) in [7, 11) is 0. The zero-order valence-corrected chi connectivity index (χ0v) is 14.8. The number of hydrogen-bond donors (Lipinski definition) is 2. The van der Waals surface area contributed by atoms with E-state index >= 15 is 0 Å². The number of hydrogen-bond acceptors (Lipinski definition) is 6. The molecule has 2 aliphatic heterocycles. The van der Waals surface area contributed by atoms with Gasteiger partial charge in [0.25, 0.3) is 5.91 Å². The minimum Gasteiger partial charge on any atom is -0.445 e. The normalized spacial score (nSPS) is 23.8. The van der Waals surface area contributed by atoms with E-state index in [4.69, 9.17) is 9.47 Å². The first-order chi connectivity index (χ1) is 13.0. The molecular weight excluding hydrogens is 354 g/mol.